The number of nitrogens with zero attached hydrogens (tertiary/aromatic N) is 5. The van der Waals surface area contributed by atoms with E-state index in [1.807, 2.05) is 28.8 Å². The van der Waals surface area contributed by atoms with Gasteiger partial charge in [-0.2, -0.15) is 0 Å². The molecule has 0 aliphatic heterocycles. The van der Waals surface area contributed by atoms with Crippen molar-refractivity contribution in [3.63, 3.8) is 0 Å². The predicted octanol–water partition coefficient (Wildman–Crippen LogP) is 3.64. The number of rotatable bonds is 4. The van der Waals surface area contributed by atoms with Crippen molar-refractivity contribution in [3.8, 4) is 17.1 Å². The van der Waals surface area contributed by atoms with E-state index in [-0.39, 0.29) is 13.3 Å². The summed E-state index contributed by atoms with van der Waals surface area (Å²) in [4.78, 5) is 28.9. The van der Waals surface area contributed by atoms with E-state index >= 15 is 0 Å². The van der Waals surface area contributed by atoms with Gasteiger partial charge in [-0.05, 0) is 36.4 Å². The average molecular weight is 358 g/mol. The molecule has 3 heterocycles. The Kier molecular flexibility index (Phi) is 5.03. The summed E-state index contributed by atoms with van der Waals surface area (Å²) in [7, 11) is 0. The van der Waals surface area contributed by atoms with Gasteiger partial charge in [0, 0.05) is 23.6 Å². The molecule has 134 valence electrons. The molecule has 0 fully saturated rings. The molecule has 4 rings (SSSR count). The summed E-state index contributed by atoms with van der Waals surface area (Å²) in [6.45, 7) is 3.46. The molecule has 0 spiro atoms. The van der Waals surface area contributed by atoms with Gasteiger partial charge in [-0.15, -0.1) is 0 Å². The Morgan fingerprint density at radius 3 is 2.70 bits per heavy atom. The van der Waals surface area contributed by atoms with Crippen LogP contribution in [0.15, 0.2) is 74.1 Å². The molecule has 0 atom stereocenters. The molecule has 0 saturated carbocycles. The van der Waals surface area contributed by atoms with Gasteiger partial charge in [0.2, 0.25) is 5.91 Å². The highest BCUT2D eigenvalue weighted by Crippen LogP contribution is 2.22. The van der Waals surface area contributed by atoms with Crippen molar-refractivity contribution in [2.24, 2.45) is 0 Å². The van der Waals surface area contributed by atoms with Gasteiger partial charge in [-0.25, -0.2) is 9.97 Å². The number of anilines is 1. The molecule has 1 N–H and O–H groups in total. The van der Waals surface area contributed by atoms with Gasteiger partial charge in [0.25, 0.3) is 0 Å². The minimum Gasteiger partial charge on any atom is -0.322 e. The molecular weight excluding hydrogens is 340 g/mol. The summed E-state index contributed by atoms with van der Waals surface area (Å²) >= 11 is 0. The first-order valence-electron chi connectivity index (χ1n) is 7.88. The van der Waals surface area contributed by atoms with Crippen LogP contribution in [0.1, 0.15) is 7.43 Å². The zero-order chi connectivity index (χ0) is 17.9. The highest BCUT2D eigenvalue weighted by molar-refractivity contribution is 6.00. The van der Waals surface area contributed by atoms with Crippen LogP contribution in [0.4, 0.5) is 5.69 Å². The fourth-order valence-corrected chi connectivity index (χ4v) is 2.59. The second-order valence-electron chi connectivity index (χ2n) is 5.51. The minimum absolute atomic E-state index is 0. The number of hydrogen-bond donors (Lipinski definition) is 1. The summed E-state index contributed by atoms with van der Waals surface area (Å²) in [6, 6.07) is 9.22. The van der Waals surface area contributed by atoms with E-state index < -0.39 is 0 Å². The molecular formula is C20H18N6O. The molecule has 3 aromatic heterocycles. The number of benzene rings is 1. The van der Waals surface area contributed by atoms with Crippen molar-refractivity contribution in [1.82, 2.24) is 24.5 Å². The standard InChI is InChI=1S/C19H14N6O.CH4/c1-2-19(26)23-14-3-4-15-17(9-14)25(12-22-15)18-11-21-10-16(24-18)13-5-7-20-8-6-13;/h2-12H,1H2,(H,23,26);1H4. The first-order valence-corrected chi connectivity index (χ1v) is 7.88. The predicted molar refractivity (Wildman–Crippen MR) is 105 cm³/mol. The van der Waals surface area contributed by atoms with Crippen LogP contribution in [-0.2, 0) is 4.79 Å². The maximum atomic E-state index is 11.5. The Morgan fingerprint density at radius 2 is 1.93 bits per heavy atom. The van der Waals surface area contributed by atoms with Crippen molar-refractivity contribution in [1.29, 1.82) is 0 Å². The first-order chi connectivity index (χ1) is 12.7. The number of pyridine rings is 1. The Bertz CT molecular complexity index is 1100. The lowest BCUT2D eigenvalue weighted by molar-refractivity contribution is -0.111. The van der Waals surface area contributed by atoms with Gasteiger partial charge in [0.15, 0.2) is 5.82 Å². The molecule has 0 aliphatic rings. The summed E-state index contributed by atoms with van der Waals surface area (Å²) in [5, 5.41) is 2.75. The number of carbonyl (C=O) groups excluding carboxylic acids is 1. The fraction of sp³-hybridized carbons (Fsp3) is 0.0500. The van der Waals surface area contributed by atoms with E-state index in [1.54, 1.807) is 37.2 Å². The van der Waals surface area contributed by atoms with E-state index in [2.05, 4.69) is 31.8 Å². The lowest BCUT2D eigenvalue weighted by Gasteiger charge is -2.07. The van der Waals surface area contributed by atoms with E-state index in [0.717, 1.165) is 22.3 Å². The quantitative estimate of drug-likeness (QED) is 0.563. The molecule has 1 amide bonds. The van der Waals surface area contributed by atoms with E-state index in [9.17, 15) is 4.79 Å². The molecule has 0 aliphatic carbocycles. The average Bonchev–Trinajstić information content (AvgIpc) is 3.12. The van der Waals surface area contributed by atoms with Crippen molar-refractivity contribution in [2.45, 2.75) is 7.43 Å². The van der Waals surface area contributed by atoms with E-state index in [1.165, 1.54) is 6.08 Å². The largest absolute Gasteiger partial charge is 0.322 e. The zero-order valence-electron chi connectivity index (χ0n) is 13.7. The maximum absolute atomic E-state index is 11.5. The zero-order valence-corrected chi connectivity index (χ0v) is 13.7. The number of fused-ring (bicyclic) bond motifs is 1. The number of amides is 1. The highest BCUT2D eigenvalue weighted by Gasteiger charge is 2.09. The van der Waals surface area contributed by atoms with Crippen LogP contribution < -0.4 is 5.32 Å². The van der Waals surface area contributed by atoms with Crippen LogP contribution >= 0.6 is 0 Å². The van der Waals surface area contributed by atoms with Gasteiger partial charge in [0.05, 0.1) is 29.1 Å². The lowest BCUT2D eigenvalue weighted by atomic mass is 10.2. The van der Waals surface area contributed by atoms with Crippen molar-refractivity contribution in [2.75, 3.05) is 5.32 Å². The van der Waals surface area contributed by atoms with Crippen LogP contribution in [0.2, 0.25) is 0 Å². The normalized spacial score (nSPS) is 10.2. The van der Waals surface area contributed by atoms with Gasteiger partial charge >= 0.3 is 0 Å². The lowest BCUT2D eigenvalue weighted by Crippen LogP contribution is -2.07. The number of aromatic nitrogens is 5. The minimum atomic E-state index is -0.269. The van der Waals surface area contributed by atoms with Gasteiger partial charge < -0.3 is 5.32 Å². The van der Waals surface area contributed by atoms with Crippen molar-refractivity contribution >= 4 is 22.6 Å². The fourth-order valence-electron chi connectivity index (χ4n) is 2.59. The smallest absolute Gasteiger partial charge is 0.247 e. The maximum Gasteiger partial charge on any atom is 0.247 e. The van der Waals surface area contributed by atoms with E-state index in [0.29, 0.717) is 11.5 Å². The third kappa shape index (κ3) is 3.57. The Labute approximate surface area is 156 Å². The molecule has 0 unspecified atom stereocenters. The van der Waals surface area contributed by atoms with Crippen LogP contribution in [0.25, 0.3) is 28.1 Å². The van der Waals surface area contributed by atoms with Crippen LogP contribution in [-0.4, -0.2) is 30.4 Å². The van der Waals surface area contributed by atoms with Gasteiger partial charge in [-0.1, -0.05) is 14.0 Å². The van der Waals surface area contributed by atoms with Crippen LogP contribution in [0.5, 0.6) is 0 Å². The Hall–Kier alpha value is -3.87. The second kappa shape index (κ2) is 7.57. The van der Waals surface area contributed by atoms with Gasteiger partial charge in [-0.3, -0.25) is 19.3 Å². The third-order valence-corrected chi connectivity index (χ3v) is 3.84. The van der Waals surface area contributed by atoms with E-state index in [4.69, 9.17) is 0 Å². The molecule has 7 nitrogen and oxygen atoms in total. The third-order valence-electron chi connectivity index (χ3n) is 3.84. The number of imidazole rings is 1. The molecule has 0 bridgehead atoms. The molecule has 0 radical (unpaired) electrons. The highest BCUT2D eigenvalue weighted by atomic mass is 16.1. The Morgan fingerprint density at radius 1 is 1.11 bits per heavy atom. The first kappa shape index (κ1) is 17.9. The topological polar surface area (TPSA) is 85.6 Å². The summed E-state index contributed by atoms with van der Waals surface area (Å²) in [5.74, 6) is 0.365. The van der Waals surface area contributed by atoms with Crippen LogP contribution in [0.3, 0.4) is 0 Å². The van der Waals surface area contributed by atoms with Crippen LogP contribution in [0, 0.1) is 0 Å². The number of carbonyl (C=O) groups is 1. The molecule has 0 saturated heterocycles. The summed E-state index contributed by atoms with van der Waals surface area (Å²) in [6.07, 6.45) is 9.71. The Balaban J connectivity index is 0.00000210. The summed E-state index contributed by atoms with van der Waals surface area (Å²) in [5.41, 5.74) is 3.92. The SMILES string of the molecule is C.C=CC(=O)Nc1ccc2ncn(-c3cncc(-c4ccncc4)n3)c2c1. The number of hydrogen-bond acceptors (Lipinski definition) is 5. The molecule has 27 heavy (non-hydrogen) atoms. The molecule has 4 aromatic rings. The van der Waals surface area contributed by atoms with Crippen molar-refractivity contribution in [3.05, 3.63) is 74.1 Å². The number of nitrogens with one attached hydrogen (secondary N) is 1. The second-order valence-corrected chi connectivity index (χ2v) is 5.51. The van der Waals surface area contributed by atoms with Gasteiger partial charge in [0.1, 0.15) is 6.33 Å². The monoisotopic (exact) mass is 358 g/mol. The van der Waals surface area contributed by atoms with Crippen molar-refractivity contribution < 1.29 is 4.79 Å². The molecule has 1 aromatic carbocycles. The summed E-state index contributed by atoms with van der Waals surface area (Å²) < 4.78 is 1.83. The molecule has 7 heteroatoms.